The number of aromatic amines is 1. The molecule has 0 unspecified atom stereocenters. The third-order valence-corrected chi connectivity index (χ3v) is 6.58. The van der Waals surface area contributed by atoms with Crippen LogP contribution in [0.25, 0.3) is 10.9 Å². The molecule has 3 rings (SSSR count). The van der Waals surface area contributed by atoms with Gasteiger partial charge in [-0.05, 0) is 55.7 Å². The molecule has 1 saturated heterocycles. The number of fused-ring (bicyclic) bond motifs is 1. The highest BCUT2D eigenvalue weighted by atomic mass is 127. The molecule has 1 aromatic carbocycles. The minimum absolute atomic E-state index is 0. The fourth-order valence-electron chi connectivity index (χ4n) is 3.64. The number of benzene rings is 1. The first-order chi connectivity index (χ1) is 13.7. The van der Waals surface area contributed by atoms with Gasteiger partial charge < -0.3 is 20.4 Å². The van der Waals surface area contributed by atoms with Crippen molar-refractivity contribution >= 4 is 52.6 Å². The first-order valence-electron chi connectivity index (χ1n) is 10.1. The van der Waals surface area contributed by atoms with Crippen LogP contribution < -0.4 is 10.6 Å². The molecule has 3 N–H and O–H groups in total. The van der Waals surface area contributed by atoms with Crippen molar-refractivity contribution in [2.75, 3.05) is 38.6 Å². The number of hydrogen-bond acceptors (Lipinski definition) is 3. The van der Waals surface area contributed by atoms with Crippen molar-refractivity contribution in [2.24, 2.45) is 4.99 Å². The van der Waals surface area contributed by atoms with E-state index >= 15 is 0 Å². The van der Waals surface area contributed by atoms with E-state index in [1.165, 1.54) is 6.07 Å². The van der Waals surface area contributed by atoms with E-state index in [9.17, 15) is 4.39 Å². The van der Waals surface area contributed by atoms with E-state index in [-0.39, 0.29) is 34.5 Å². The Morgan fingerprint density at radius 2 is 2.07 bits per heavy atom. The second kappa shape index (κ2) is 12.0. The van der Waals surface area contributed by atoms with Crippen LogP contribution in [0.1, 0.15) is 32.3 Å². The van der Waals surface area contributed by atoms with Crippen molar-refractivity contribution in [1.29, 1.82) is 0 Å². The zero-order valence-electron chi connectivity index (χ0n) is 17.2. The predicted octanol–water partition coefficient (Wildman–Crippen LogP) is 4.32. The summed E-state index contributed by atoms with van der Waals surface area (Å²) in [5, 5.41) is 7.71. The van der Waals surface area contributed by atoms with Crippen molar-refractivity contribution in [3.8, 4) is 0 Å². The monoisotopic (exact) mass is 534 g/mol. The maximum absolute atomic E-state index is 13.6. The Morgan fingerprint density at radius 1 is 1.28 bits per heavy atom. The molecule has 0 atom stereocenters. The molecule has 8 heteroatoms. The van der Waals surface area contributed by atoms with Crippen molar-refractivity contribution in [1.82, 2.24) is 15.6 Å². The van der Waals surface area contributed by atoms with E-state index in [2.05, 4.69) is 29.5 Å². The normalized spacial score (nSPS) is 16.4. The summed E-state index contributed by atoms with van der Waals surface area (Å²) in [5.74, 6) is 1.74. The van der Waals surface area contributed by atoms with Crippen LogP contribution in [0, 0.1) is 5.82 Å². The number of rotatable bonds is 8. The molecule has 0 saturated carbocycles. The van der Waals surface area contributed by atoms with E-state index in [4.69, 9.17) is 9.73 Å². The van der Waals surface area contributed by atoms with Crippen LogP contribution in [0.5, 0.6) is 0 Å². The van der Waals surface area contributed by atoms with Gasteiger partial charge in [0.25, 0.3) is 0 Å². The minimum Gasteiger partial charge on any atom is -0.381 e. The van der Waals surface area contributed by atoms with Crippen LogP contribution in [0.15, 0.2) is 29.4 Å². The molecule has 2 heterocycles. The summed E-state index contributed by atoms with van der Waals surface area (Å²) in [6, 6.07) is 4.86. The molecule has 162 valence electrons. The fraction of sp³-hybridized carbons (Fsp3) is 0.571. The van der Waals surface area contributed by atoms with Gasteiger partial charge in [-0.2, -0.15) is 11.8 Å². The summed E-state index contributed by atoms with van der Waals surface area (Å²) in [7, 11) is 0. The number of hydrogen-bond donors (Lipinski definition) is 3. The lowest BCUT2D eigenvalue weighted by Crippen LogP contribution is -2.41. The molecule has 0 spiro atoms. The smallest absolute Gasteiger partial charge is 0.191 e. The van der Waals surface area contributed by atoms with E-state index in [0.717, 1.165) is 80.3 Å². The highest BCUT2D eigenvalue weighted by Gasteiger charge is 2.32. The number of thioether (sulfide) groups is 1. The van der Waals surface area contributed by atoms with E-state index in [1.54, 1.807) is 12.1 Å². The molecule has 2 aromatic rings. The number of aromatic nitrogens is 1. The largest absolute Gasteiger partial charge is 0.381 e. The lowest BCUT2D eigenvalue weighted by molar-refractivity contribution is 0.0793. The number of H-pyrrole nitrogens is 1. The molecule has 0 bridgehead atoms. The minimum atomic E-state index is -0.202. The van der Waals surface area contributed by atoms with Gasteiger partial charge in [-0.25, -0.2) is 4.39 Å². The molecule has 0 amide bonds. The third-order valence-electron chi connectivity index (χ3n) is 5.14. The summed E-state index contributed by atoms with van der Waals surface area (Å²) >= 11 is 2.00. The van der Waals surface area contributed by atoms with Crippen molar-refractivity contribution in [2.45, 2.75) is 37.9 Å². The Balaban J connectivity index is 0.00000300. The Labute approximate surface area is 194 Å². The van der Waals surface area contributed by atoms with Gasteiger partial charge in [0.2, 0.25) is 0 Å². The van der Waals surface area contributed by atoms with Crippen LogP contribution in [-0.2, 0) is 11.2 Å². The van der Waals surface area contributed by atoms with E-state index in [1.807, 2.05) is 18.0 Å². The summed E-state index contributed by atoms with van der Waals surface area (Å²) in [4.78, 5) is 8.08. The number of aliphatic imine (C=N–C) groups is 1. The molecule has 1 aromatic heterocycles. The Kier molecular flexibility index (Phi) is 10.0. The van der Waals surface area contributed by atoms with Gasteiger partial charge in [0.1, 0.15) is 5.82 Å². The van der Waals surface area contributed by atoms with Crippen LogP contribution >= 0.6 is 35.7 Å². The Bertz CT molecular complexity index is 787. The summed E-state index contributed by atoms with van der Waals surface area (Å²) in [5.41, 5.74) is 2.08. The van der Waals surface area contributed by atoms with Gasteiger partial charge in [-0.15, -0.1) is 24.0 Å². The highest BCUT2D eigenvalue weighted by Crippen LogP contribution is 2.35. The molecule has 1 fully saturated rings. The molecular formula is C21H32FIN4OS. The maximum atomic E-state index is 13.6. The Morgan fingerprint density at radius 3 is 2.79 bits per heavy atom. The van der Waals surface area contributed by atoms with Gasteiger partial charge in [-0.3, -0.25) is 4.99 Å². The maximum Gasteiger partial charge on any atom is 0.191 e. The molecule has 1 aliphatic rings. The second-order valence-corrected chi connectivity index (χ2v) is 8.84. The highest BCUT2D eigenvalue weighted by molar-refractivity contribution is 14.0. The lowest BCUT2D eigenvalue weighted by Gasteiger charge is -2.35. The molecule has 1 aliphatic heterocycles. The van der Waals surface area contributed by atoms with Crippen LogP contribution in [0.4, 0.5) is 4.39 Å². The predicted molar refractivity (Wildman–Crippen MR) is 132 cm³/mol. The average Bonchev–Trinajstić information content (AvgIpc) is 3.09. The molecule has 29 heavy (non-hydrogen) atoms. The van der Waals surface area contributed by atoms with Gasteiger partial charge in [-0.1, -0.05) is 6.92 Å². The van der Waals surface area contributed by atoms with Crippen molar-refractivity contribution in [3.05, 3.63) is 35.8 Å². The second-order valence-electron chi connectivity index (χ2n) is 7.10. The van der Waals surface area contributed by atoms with E-state index < -0.39 is 0 Å². The topological polar surface area (TPSA) is 61.4 Å². The van der Waals surface area contributed by atoms with Crippen molar-refractivity contribution in [3.63, 3.8) is 0 Å². The van der Waals surface area contributed by atoms with Crippen LogP contribution in [0.3, 0.4) is 0 Å². The number of nitrogens with zero attached hydrogens (tertiary/aromatic N) is 1. The molecule has 0 aliphatic carbocycles. The van der Waals surface area contributed by atoms with Gasteiger partial charge in [0.05, 0.1) is 6.54 Å². The first-order valence-corrected chi connectivity index (χ1v) is 11.1. The lowest BCUT2D eigenvalue weighted by atomic mass is 9.99. The van der Waals surface area contributed by atoms with Gasteiger partial charge in [0, 0.05) is 48.2 Å². The Hall–Kier alpha value is -1.00. The number of ether oxygens (including phenoxy) is 1. The zero-order chi connectivity index (χ0) is 19.8. The van der Waals surface area contributed by atoms with Gasteiger partial charge >= 0.3 is 0 Å². The number of halogens is 2. The quantitative estimate of drug-likeness (QED) is 0.268. The third kappa shape index (κ3) is 6.75. The zero-order valence-corrected chi connectivity index (χ0v) is 20.4. The van der Waals surface area contributed by atoms with Crippen LogP contribution in [-0.4, -0.2) is 54.3 Å². The summed E-state index contributed by atoms with van der Waals surface area (Å²) < 4.78 is 19.3. The van der Waals surface area contributed by atoms with E-state index in [0.29, 0.717) is 0 Å². The average molecular weight is 534 g/mol. The SMILES string of the molecule is CCNC(=NCC1(SCC)CCOCC1)NCCc1c[nH]c2ccc(F)cc12.I. The molecule has 0 radical (unpaired) electrons. The van der Waals surface area contributed by atoms with Gasteiger partial charge in [0.15, 0.2) is 5.96 Å². The number of nitrogens with one attached hydrogen (secondary N) is 3. The fourth-order valence-corrected chi connectivity index (χ4v) is 4.86. The van der Waals surface area contributed by atoms with Crippen LogP contribution in [0.2, 0.25) is 0 Å². The van der Waals surface area contributed by atoms with Crippen molar-refractivity contribution < 1.29 is 9.13 Å². The first kappa shape index (κ1) is 24.3. The summed E-state index contributed by atoms with van der Waals surface area (Å²) in [6.07, 6.45) is 4.87. The number of guanidine groups is 1. The summed E-state index contributed by atoms with van der Waals surface area (Å²) in [6.45, 7) is 8.28. The standard InChI is InChI=1S/C21H31FN4OS.HI/c1-3-23-20(26-15-21(28-4-2)8-11-27-12-9-21)24-10-7-16-14-25-19-6-5-17(22)13-18(16)19;/h5-6,13-14,25H,3-4,7-12,15H2,1-2H3,(H2,23,24,26);1H. The molecule has 5 nitrogen and oxygen atoms in total. The molecular weight excluding hydrogens is 502 g/mol.